The molecule has 2 aliphatic rings. The number of likely N-dealkylation sites (tertiary alicyclic amines) is 1. The maximum Gasteiger partial charge on any atom is 0.233 e. The number of nitrogens with zero attached hydrogens (tertiary/aromatic N) is 3. The third kappa shape index (κ3) is 3.57. The zero-order chi connectivity index (χ0) is 19.0. The van der Waals surface area contributed by atoms with Gasteiger partial charge in [-0.15, -0.1) is 0 Å². The van der Waals surface area contributed by atoms with Crippen molar-refractivity contribution in [2.24, 2.45) is 0 Å². The van der Waals surface area contributed by atoms with E-state index in [1.165, 1.54) is 12.1 Å². The number of anilines is 2. The Bertz CT molecular complexity index is 873. The van der Waals surface area contributed by atoms with Crippen LogP contribution in [-0.2, 0) is 9.59 Å². The summed E-state index contributed by atoms with van der Waals surface area (Å²) in [5.74, 6) is -1.06. The van der Waals surface area contributed by atoms with Crippen LogP contribution in [0, 0.1) is 5.82 Å². The molecule has 1 aromatic heterocycles. The van der Waals surface area contributed by atoms with Crippen LogP contribution in [-0.4, -0.2) is 46.6 Å². The molecular weight excluding hydrogens is 349 g/mol. The monoisotopic (exact) mass is 371 g/mol. The fraction of sp³-hybridized carbons (Fsp3) is 0.421. The second-order valence-corrected chi connectivity index (χ2v) is 7.22. The van der Waals surface area contributed by atoms with Crippen molar-refractivity contribution in [2.75, 3.05) is 30.8 Å². The molecule has 1 saturated heterocycles. The quantitative estimate of drug-likeness (QED) is 0.868. The highest BCUT2D eigenvalue weighted by molar-refractivity contribution is 6.04. The summed E-state index contributed by atoms with van der Waals surface area (Å²) in [5.41, 5.74) is 0.981. The largest absolute Gasteiger partial charge is 0.326 e. The number of hydrogen-bond acceptors (Lipinski definition) is 4. The lowest BCUT2D eigenvalue weighted by molar-refractivity contribution is -0.123. The molecule has 8 heteroatoms. The van der Waals surface area contributed by atoms with Crippen molar-refractivity contribution >= 4 is 23.3 Å². The molecule has 142 valence electrons. The van der Waals surface area contributed by atoms with Crippen LogP contribution in [0.2, 0.25) is 0 Å². The summed E-state index contributed by atoms with van der Waals surface area (Å²) in [7, 11) is 2.09. The van der Waals surface area contributed by atoms with Crippen LogP contribution in [0.1, 0.15) is 36.8 Å². The zero-order valence-corrected chi connectivity index (χ0v) is 15.1. The highest BCUT2D eigenvalue weighted by Gasteiger charge is 2.32. The van der Waals surface area contributed by atoms with Gasteiger partial charge >= 0.3 is 0 Å². The van der Waals surface area contributed by atoms with Crippen LogP contribution >= 0.6 is 0 Å². The summed E-state index contributed by atoms with van der Waals surface area (Å²) >= 11 is 0. The van der Waals surface area contributed by atoms with Crippen LogP contribution in [0.25, 0.3) is 0 Å². The summed E-state index contributed by atoms with van der Waals surface area (Å²) in [6.45, 7) is 1.97. The van der Waals surface area contributed by atoms with Gasteiger partial charge in [-0.3, -0.25) is 9.59 Å². The maximum atomic E-state index is 13.5. The average Bonchev–Trinajstić information content (AvgIpc) is 3.09. The zero-order valence-electron chi connectivity index (χ0n) is 15.1. The Balaban J connectivity index is 1.54. The smallest absolute Gasteiger partial charge is 0.233 e. The second-order valence-electron chi connectivity index (χ2n) is 7.22. The van der Waals surface area contributed by atoms with Gasteiger partial charge in [0.2, 0.25) is 11.8 Å². The van der Waals surface area contributed by atoms with Crippen molar-refractivity contribution in [3.05, 3.63) is 41.8 Å². The maximum absolute atomic E-state index is 13.5. The van der Waals surface area contributed by atoms with Crippen LogP contribution in [0.4, 0.5) is 15.9 Å². The van der Waals surface area contributed by atoms with Crippen LogP contribution in [0.3, 0.4) is 0 Å². The van der Waals surface area contributed by atoms with Crippen molar-refractivity contribution in [3.63, 3.8) is 0 Å². The number of aromatic nitrogens is 2. The Morgan fingerprint density at radius 2 is 2.07 bits per heavy atom. The molecule has 2 N–H and O–H groups in total. The van der Waals surface area contributed by atoms with Crippen molar-refractivity contribution in [3.8, 4) is 0 Å². The van der Waals surface area contributed by atoms with E-state index >= 15 is 0 Å². The van der Waals surface area contributed by atoms with Gasteiger partial charge in [0.25, 0.3) is 0 Å². The summed E-state index contributed by atoms with van der Waals surface area (Å²) in [6.07, 6.45) is 3.64. The molecule has 1 fully saturated rings. The first kappa shape index (κ1) is 17.7. The topological polar surface area (TPSA) is 79.3 Å². The van der Waals surface area contributed by atoms with Crippen LogP contribution in [0.5, 0.6) is 0 Å². The van der Waals surface area contributed by atoms with Crippen molar-refractivity contribution < 1.29 is 14.0 Å². The number of nitrogens with one attached hydrogen (secondary N) is 2. The summed E-state index contributed by atoms with van der Waals surface area (Å²) in [6, 6.07) is 6.12. The van der Waals surface area contributed by atoms with Gasteiger partial charge in [-0.1, -0.05) is 6.07 Å². The van der Waals surface area contributed by atoms with Gasteiger partial charge in [0.05, 0.1) is 18.2 Å². The molecule has 3 heterocycles. The Hall–Kier alpha value is -2.74. The standard InChI is InChI=1S/C19H22FN5O2/c1-24-8-5-13(6-9-24)25-17(4-7-21-25)23-19(27)15-11-18(26)22-16-10-12(20)2-3-14(15)16/h2-4,7,10,13,15H,5-6,8-9,11H2,1H3,(H,22,26)(H,23,27). The molecule has 1 aromatic carbocycles. The van der Waals surface area contributed by atoms with E-state index in [0.717, 1.165) is 25.9 Å². The number of hydrogen-bond donors (Lipinski definition) is 2. The van der Waals surface area contributed by atoms with E-state index in [-0.39, 0.29) is 24.3 Å². The van der Waals surface area contributed by atoms with Crippen molar-refractivity contribution in [1.29, 1.82) is 0 Å². The molecular formula is C19H22FN5O2. The molecule has 0 radical (unpaired) electrons. The summed E-state index contributed by atoms with van der Waals surface area (Å²) < 4.78 is 15.3. The van der Waals surface area contributed by atoms with E-state index in [2.05, 4.69) is 27.7 Å². The molecule has 1 unspecified atom stereocenters. The molecule has 27 heavy (non-hydrogen) atoms. The molecule has 7 nitrogen and oxygen atoms in total. The van der Waals surface area contributed by atoms with E-state index < -0.39 is 11.7 Å². The van der Waals surface area contributed by atoms with E-state index in [1.54, 1.807) is 18.3 Å². The minimum atomic E-state index is -0.657. The highest BCUT2D eigenvalue weighted by atomic mass is 19.1. The number of halogens is 1. The van der Waals surface area contributed by atoms with Gasteiger partial charge in [0.1, 0.15) is 11.6 Å². The third-order valence-corrected chi connectivity index (χ3v) is 5.33. The van der Waals surface area contributed by atoms with Gasteiger partial charge in [-0.05, 0) is 50.7 Å². The first-order valence-corrected chi connectivity index (χ1v) is 9.13. The van der Waals surface area contributed by atoms with Crippen LogP contribution in [0.15, 0.2) is 30.5 Å². The molecule has 2 aliphatic heterocycles. The SMILES string of the molecule is CN1CCC(n2nccc2NC(=O)C2CC(=O)Nc3cc(F)ccc32)CC1. The number of amides is 2. The number of piperidine rings is 1. The number of carbonyl (C=O) groups is 2. The first-order chi connectivity index (χ1) is 13.0. The minimum Gasteiger partial charge on any atom is -0.326 e. The van der Waals surface area contributed by atoms with Crippen molar-refractivity contribution in [2.45, 2.75) is 31.2 Å². The predicted molar refractivity (Wildman–Crippen MR) is 99.0 cm³/mol. The Morgan fingerprint density at radius 3 is 2.85 bits per heavy atom. The summed E-state index contributed by atoms with van der Waals surface area (Å²) in [4.78, 5) is 27.1. The van der Waals surface area contributed by atoms with E-state index in [1.807, 2.05) is 4.68 Å². The molecule has 0 bridgehead atoms. The first-order valence-electron chi connectivity index (χ1n) is 9.13. The average molecular weight is 371 g/mol. The molecule has 4 rings (SSSR count). The number of fused-ring (bicyclic) bond motifs is 1. The Labute approximate surface area is 156 Å². The fourth-order valence-corrected chi connectivity index (χ4v) is 3.83. The van der Waals surface area contributed by atoms with E-state index in [4.69, 9.17) is 0 Å². The molecule has 1 atom stereocenters. The lowest BCUT2D eigenvalue weighted by atomic mass is 9.89. The van der Waals surface area contributed by atoms with Crippen LogP contribution < -0.4 is 10.6 Å². The lowest BCUT2D eigenvalue weighted by Gasteiger charge is -2.30. The van der Waals surface area contributed by atoms with Gasteiger partial charge in [-0.25, -0.2) is 9.07 Å². The van der Waals surface area contributed by atoms with E-state index in [9.17, 15) is 14.0 Å². The molecule has 0 aliphatic carbocycles. The van der Waals surface area contributed by atoms with Gasteiger partial charge in [-0.2, -0.15) is 5.10 Å². The Kier molecular flexibility index (Phi) is 4.65. The molecule has 0 saturated carbocycles. The van der Waals surface area contributed by atoms with Gasteiger partial charge in [0, 0.05) is 18.2 Å². The number of benzene rings is 1. The molecule has 0 spiro atoms. The normalized spacial score (nSPS) is 20.8. The third-order valence-electron chi connectivity index (χ3n) is 5.33. The van der Waals surface area contributed by atoms with Gasteiger partial charge in [0.15, 0.2) is 0 Å². The fourth-order valence-electron chi connectivity index (χ4n) is 3.83. The second kappa shape index (κ2) is 7.11. The van der Waals surface area contributed by atoms with Crippen molar-refractivity contribution in [1.82, 2.24) is 14.7 Å². The molecule has 2 aromatic rings. The predicted octanol–water partition coefficient (Wildman–Crippen LogP) is 2.35. The number of carbonyl (C=O) groups excluding carboxylic acids is 2. The Morgan fingerprint density at radius 1 is 1.30 bits per heavy atom. The molecule has 2 amide bonds. The van der Waals surface area contributed by atoms with Gasteiger partial charge < -0.3 is 15.5 Å². The summed E-state index contributed by atoms with van der Waals surface area (Å²) in [5, 5.41) is 9.94. The van der Waals surface area contributed by atoms with E-state index in [0.29, 0.717) is 17.1 Å². The lowest BCUT2D eigenvalue weighted by Crippen LogP contribution is -2.34. The highest BCUT2D eigenvalue weighted by Crippen LogP contribution is 2.34. The number of rotatable bonds is 3. The minimum absolute atomic E-state index is 0.0345.